The van der Waals surface area contributed by atoms with Gasteiger partial charge in [-0.1, -0.05) is 60.7 Å². The first-order valence-electron chi connectivity index (χ1n) is 8.07. The van der Waals surface area contributed by atoms with E-state index in [2.05, 4.69) is 29.2 Å². The lowest BCUT2D eigenvalue weighted by atomic mass is 10.1. The highest BCUT2D eigenvalue weighted by Crippen LogP contribution is 2.20. The molecular weight excluding hydrogens is 308 g/mol. The van der Waals surface area contributed by atoms with Crippen molar-refractivity contribution in [3.05, 3.63) is 90.1 Å². The van der Waals surface area contributed by atoms with E-state index in [4.69, 9.17) is 5.73 Å². The highest BCUT2D eigenvalue weighted by Gasteiger charge is 2.06. The number of carbonyl (C=O) groups is 1. The van der Waals surface area contributed by atoms with Gasteiger partial charge < -0.3 is 5.73 Å². The summed E-state index contributed by atoms with van der Waals surface area (Å²) in [6.45, 7) is 0. The lowest BCUT2D eigenvalue weighted by Crippen LogP contribution is -2.00. The Morgan fingerprint density at radius 1 is 0.840 bits per heavy atom. The van der Waals surface area contributed by atoms with Crippen molar-refractivity contribution in [2.75, 3.05) is 5.73 Å². The largest absolute Gasteiger partial charge is 0.397 e. The minimum absolute atomic E-state index is 0.140. The number of hydrogen-bond acceptors (Lipinski definition) is 3. The Kier molecular flexibility index (Phi) is 3.75. The van der Waals surface area contributed by atoms with E-state index >= 15 is 0 Å². The Labute approximate surface area is 145 Å². The number of benzene rings is 3. The zero-order chi connectivity index (χ0) is 17.2. The van der Waals surface area contributed by atoms with E-state index in [9.17, 15) is 4.79 Å². The molecule has 120 valence electrons. The molecule has 0 aliphatic carbocycles. The fraction of sp³-hybridized carbons (Fsp3) is 0. The molecule has 3 aromatic carbocycles. The lowest BCUT2D eigenvalue weighted by molar-refractivity contribution is 0.104. The molecule has 3 nitrogen and oxygen atoms in total. The van der Waals surface area contributed by atoms with Crippen molar-refractivity contribution in [2.24, 2.45) is 0 Å². The first-order valence-corrected chi connectivity index (χ1v) is 8.07. The maximum Gasteiger partial charge on any atom is 0.204 e. The molecule has 25 heavy (non-hydrogen) atoms. The van der Waals surface area contributed by atoms with Crippen LogP contribution >= 0.6 is 0 Å². The van der Waals surface area contributed by atoms with Crippen molar-refractivity contribution < 1.29 is 4.79 Å². The van der Waals surface area contributed by atoms with E-state index in [0.29, 0.717) is 16.9 Å². The van der Waals surface area contributed by atoms with Crippen LogP contribution in [0.25, 0.3) is 27.8 Å². The van der Waals surface area contributed by atoms with Gasteiger partial charge in [-0.3, -0.25) is 4.79 Å². The summed E-state index contributed by atoms with van der Waals surface area (Å²) in [5, 5.41) is 3.25. The highest BCUT2D eigenvalue weighted by molar-refractivity contribution is 6.07. The molecule has 0 aliphatic heterocycles. The monoisotopic (exact) mass is 324 g/mol. The summed E-state index contributed by atoms with van der Waals surface area (Å²) < 4.78 is 0. The van der Waals surface area contributed by atoms with Crippen LogP contribution in [-0.4, -0.2) is 10.8 Å². The Morgan fingerprint density at radius 2 is 1.60 bits per heavy atom. The summed E-state index contributed by atoms with van der Waals surface area (Å²) in [7, 11) is 0. The maximum absolute atomic E-state index is 12.4. The van der Waals surface area contributed by atoms with Crippen LogP contribution in [0.15, 0.2) is 78.9 Å². The van der Waals surface area contributed by atoms with E-state index in [1.54, 1.807) is 18.2 Å². The van der Waals surface area contributed by atoms with Crippen LogP contribution in [0.5, 0.6) is 0 Å². The van der Waals surface area contributed by atoms with Crippen molar-refractivity contribution in [1.29, 1.82) is 0 Å². The number of para-hydroxylation sites is 1. The zero-order valence-corrected chi connectivity index (χ0v) is 13.5. The van der Waals surface area contributed by atoms with Crippen molar-refractivity contribution in [2.45, 2.75) is 0 Å². The van der Waals surface area contributed by atoms with Gasteiger partial charge in [0.05, 0.1) is 11.2 Å². The predicted octanol–water partition coefficient (Wildman–Crippen LogP) is 4.87. The van der Waals surface area contributed by atoms with Crippen molar-refractivity contribution in [3.63, 3.8) is 0 Å². The Bertz CT molecular complexity index is 1130. The average molecular weight is 324 g/mol. The molecule has 0 bridgehead atoms. The van der Waals surface area contributed by atoms with Crippen LogP contribution in [0.2, 0.25) is 0 Å². The van der Waals surface area contributed by atoms with Gasteiger partial charge >= 0.3 is 0 Å². The van der Waals surface area contributed by atoms with Gasteiger partial charge in [-0.05, 0) is 40.6 Å². The second-order valence-electron chi connectivity index (χ2n) is 5.92. The molecular formula is C22H16N2O. The van der Waals surface area contributed by atoms with Gasteiger partial charge in [0.25, 0.3) is 0 Å². The van der Waals surface area contributed by atoms with Crippen LogP contribution in [-0.2, 0) is 0 Å². The van der Waals surface area contributed by atoms with Crippen LogP contribution in [0.4, 0.5) is 5.69 Å². The van der Waals surface area contributed by atoms with E-state index < -0.39 is 0 Å². The summed E-state index contributed by atoms with van der Waals surface area (Å²) in [5.74, 6) is -0.140. The third-order valence-electron chi connectivity index (χ3n) is 4.20. The van der Waals surface area contributed by atoms with Crippen molar-refractivity contribution in [1.82, 2.24) is 4.98 Å². The number of nitrogen functional groups attached to an aromatic ring is 1. The molecule has 2 N–H and O–H groups in total. The third-order valence-corrected chi connectivity index (χ3v) is 4.20. The Hall–Kier alpha value is -3.46. The quantitative estimate of drug-likeness (QED) is 0.332. The van der Waals surface area contributed by atoms with Gasteiger partial charge in [0, 0.05) is 5.39 Å². The SMILES string of the molecule is Nc1cccc2ccc(C(=O)C=Cc3ccc4ccccc4c3)nc12. The fourth-order valence-electron chi connectivity index (χ4n) is 2.88. The standard InChI is InChI=1S/C22H16N2O/c23-19-7-3-6-17-11-12-20(24-22(17)19)21(25)13-9-15-8-10-16-4-1-2-5-18(16)14-15/h1-14H,23H2. The Balaban J connectivity index is 1.64. The van der Waals surface area contributed by atoms with Crippen LogP contribution in [0.3, 0.4) is 0 Å². The van der Waals surface area contributed by atoms with E-state index in [0.717, 1.165) is 16.3 Å². The molecule has 0 radical (unpaired) electrons. The zero-order valence-electron chi connectivity index (χ0n) is 13.5. The van der Waals surface area contributed by atoms with Crippen LogP contribution < -0.4 is 5.73 Å². The number of nitrogens with zero attached hydrogens (tertiary/aromatic N) is 1. The normalized spacial score (nSPS) is 11.4. The van der Waals surface area contributed by atoms with E-state index in [1.807, 2.05) is 42.5 Å². The number of anilines is 1. The van der Waals surface area contributed by atoms with Crippen LogP contribution in [0.1, 0.15) is 16.1 Å². The van der Waals surface area contributed by atoms with Gasteiger partial charge in [0.1, 0.15) is 5.69 Å². The third kappa shape index (κ3) is 3.00. The summed E-state index contributed by atoms with van der Waals surface area (Å²) in [5.41, 5.74) is 8.56. The molecule has 4 rings (SSSR count). The predicted molar refractivity (Wildman–Crippen MR) is 103 cm³/mol. The molecule has 4 aromatic rings. The molecule has 0 aliphatic rings. The van der Waals surface area contributed by atoms with E-state index in [1.165, 1.54) is 5.39 Å². The van der Waals surface area contributed by atoms with Gasteiger partial charge in [-0.15, -0.1) is 0 Å². The summed E-state index contributed by atoms with van der Waals surface area (Å²) in [4.78, 5) is 16.9. The first-order chi connectivity index (χ1) is 12.2. The molecule has 0 saturated carbocycles. The molecule has 0 spiro atoms. The molecule has 0 fully saturated rings. The molecule has 1 heterocycles. The van der Waals surface area contributed by atoms with Crippen molar-refractivity contribution >= 4 is 39.2 Å². The summed E-state index contributed by atoms with van der Waals surface area (Å²) >= 11 is 0. The van der Waals surface area contributed by atoms with Gasteiger partial charge in [-0.25, -0.2) is 4.98 Å². The molecule has 0 amide bonds. The topological polar surface area (TPSA) is 56.0 Å². The van der Waals surface area contributed by atoms with Gasteiger partial charge in [-0.2, -0.15) is 0 Å². The molecule has 3 heteroatoms. The van der Waals surface area contributed by atoms with Crippen LogP contribution in [0, 0.1) is 0 Å². The average Bonchev–Trinajstić information content (AvgIpc) is 2.66. The number of fused-ring (bicyclic) bond motifs is 2. The summed E-state index contributed by atoms with van der Waals surface area (Å²) in [6, 6.07) is 23.4. The number of aromatic nitrogens is 1. The first kappa shape index (κ1) is 15.1. The number of rotatable bonds is 3. The van der Waals surface area contributed by atoms with Gasteiger partial charge in [0.15, 0.2) is 0 Å². The minimum Gasteiger partial charge on any atom is -0.397 e. The van der Waals surface area contributed by atoms with Gasteiger partial charge in [0.2, 0.25) is 5.78 Å². The van der Waals surface area contributed by atoms with Crippen molar-refractivity contribution in [3.8, 4) is 0 Å². The minimum atomic E-state index is -0.140. The number of ketones is 1. The second kappa shape index (κ2) is 6.21. The molecule has 0 atom stereocenters. The number of hydrogen-bond donors (Lipinski definition) is 1. The Morgan fingerprint density at radius 3 is 2.48 bits per heavy atom. The molecule has 0 saturated heterocycles. The molecule has 0 unspecified atom stereocenters. The number of nitrogens with two attached hydrogens (primary N) is 1. The highest BCUT2D eigenvalue weighted by atomic mass is 16.1. The fourth-order valence-corrected chi connectivity index (χ4v) is 2.88. The molecule has 1 aromatic heterocycles. The number of allylic oxidation sites excluding steroid dienone is 1. The number of carbonyl (C=O) groups excluding carboxylic acids is 1. The lowest BCUT2D eigenvalue weighted by Gasteiger charge is -2.03. The second-order valence-corrected chi connectivity index (χ2v) is 5.92. The smallest absolute Gasteiger partial charge is 0.204 e. The van der Waals surface area contributed by atoms with E-state index in [-0.39, 0.29) is 5.78 Å². The number of pyridine rings is 1. The summed E-state index contributed by atoms with van der Waals surface area (Å²) in [6.07, 6.45) is 3.37. The maximum atomic E-state index is 12.4.